The van der Waals surface area contributed by atoms with E-state index in [2.05, 4.69) is 36.1 Å². The van der Waals surface area contributed by atoms with E-state index in [1.807, 2.05) is 6.07 Å². The van der Waals surface area contributed by atoms with Gasteiger partial charge in [0.15, 0.2) is 0 Å². The normalized spacial score (nSPS) is 11.5. The fourth-order valence-electron chi connectivity index (χ4n) is 1.26. The van der Waals surface area contributed by atoms with Gasteiger partial charge in [-0.1, -0.05) is 13.3 Å². The molecular weight excluding hydrogens is 188 g/mol. The van der Waals surface area contributed by atoms with Crippen molar-refractivity contribution >= 4 is 5.82 Å². The minimum absolute atomic E-state index is 0.127. The van der Waals surface area contributed by atoms with E-state index in [0.29, 0.717) is 6.54 Å². The molecule has 1 aromatic heterocycles. The van der Waals surface area contributed by atoms with Gasteiger partial charge in [0, 0.05) is 23.8 Å². The minimum Gasteiger partial charge on any atom is -0.364 e. The average Bonchev–Trinajstić information content (AvgIpc) is 2.18. The lowest BCUT2D eigenvalue weighted by atomic mass is 10.1. The Kier molecular flexibility index (Phi) is 4.03. The summed E-state index contributed by atoms with van der Waals surface area (Å²) in [6, 6.07) is 1.99. The molecule has 4 heteroatoms. The molecule has 0 aliphatic carbocycles. The van der Waals surface area contributed by atoms with Gasteiger partial charge in [0.1, 0.15) is 12.1 Å². The maximum absolute atomic E-state index is 5.64. The second-order valence-corrected chi connectivity index (χ2v) is 4.36. The summed E-state index contributed by atoms with van der Waals surface area (Å²) in [7, 11) is 0. The van der Waals surface area contributed by atoms with Gasteiger partial charge in [-0.3, -0.25) is 0 Å². The van der Waals surface area contributed by atoms with Crippen molar-refractivity contribution in [2.75, 3.05) is 11.9 Å². The molecule has 0 unspecified atom stereocenters. The fraction of sp³-hybridized carbons (Fsp3) is 0.636. The first-order valence-corrected chi connectivity index (χ1v) is 5.36. The number of anilines is 1. The Morgan fingerprint density at radius 2 is 2.13 bits per heavy atom. The van der Waals surface area contributed by atoms with Crippen molar-refractivity contribution in [2.24, 2.45) is 5.73 Å². The van der Waals surface area contributed by atoms with Gasteiger partial charge in [-0.05, 0) is 20.3 Å². The molecule has 0 spiro atoms. The van der Waals surface area contributed by atoms with Crippen LogP contribution < -0.4 is 11.1 Å². The van der Waals surface area contributed by atoms with E-state index in [0.717, 1.165) is 24.4 Å². The van der Waals surface area contributed by atoms with Crippen molar-refractivity contribution in [1.29, 1.82) is 0 Å². The van der Waals surface area contributed by atoms with Crippen LogP contribution in [0.3, 0.4) is 0 Å². The van der Waals surface area contributed by atoms with Gasteiger partial charge in [0.2, 0.25) is 0 Å². The van der Waals surface area contributed by atoms with Crippen LogP contribution >= 0.6 is 0 Å². The summed E-state index contributed by atoms with van der Waals surface area (Å²) >= 11 is 0. The van der Waals surface area contributed by atoms with Gasteiger partial charge in [-0.15, -0.1) is 0 Å². The summed E-state index contributed by atoms with van der Waals surface area (Å²) in [5.41, 5.74) is 6.59. The van der Waals surface area contributed by atoms with Crippen molar-refractivity contribution in [3.8, 4) is 0 Å². The number of aryl methyl sites for hydroxylation is 1. The molecule has 0 aliphatic heterocycles. The highest BCUT2D eigenvalue weighted by Gasteiger charge is 2.15. The largest absolute Gasteiger partial charge is 0.364 e. The van der Waals surface area contributed by atoms with E-state index < -0.39 is 0 Å². The Labute approximate surface area is 91.3 Å². The average molecular weight is 208 g/mol. The van der Waals surface area contributed by atoms with Gasteiger partial charge >= 0.3 is 0 Å². The van der Waals surface area contributed by atoms with Crippen LogP contribution in [0.15, 0.2) is 12.4 Å². The fourth-order valence-corrected chi connectivity index (χ4v) is 1.26. The van der Waals surface area contributed by atoms with Gasteiger partial charge in [0.25, 0.3) is 0 Å². The van der Waals surface area contributed by atoms with E-state index in [-0.39, 0.29) is 5.54 Å². The molecule has 84 valence electrons. The molecule has 0 fully saturated rings. The summed E-state index contributed by atoms with van der Waals surface area (Å²) in [6.07, 6.45) is 3.68. The molecule has 1 heterocycles. The van der Waals surface area contributed by atoms with Crippen LogP contribution in [0, 0.1) is 0 Å². The maximum Gasteiger partial charge on any atom is 0.130 e. The van der Waals surface area contributed by atoms with Crippen molar-refractivity contribution in [1.82, 2.24) is 9.97 Å². The first-order chi connectivity index (χ1) is 7.07. The molecule has 0 saturated carbocycles. The summed E-state index contributed by atoms with van der Waals surface area (Å²) in [6.45, 7) is 6.81. The van der Waals surface area contributed by atoms with Crippen molar-refractivity contribution < 1.29 is 0 Å². The van der Waals surface area contributed by atoms with Crippen LogP contribution in [0.1, 0.15) is 32.9 Å². The second-order valence-electron chi connectivity index (χ2n) is 4.36. The van der Waals surface area contributed by atoms with Crippen molar-refractivity contribution in [3.05, 3.63) is 18.1 Å². The predicted octanol–water partition coefficient (Wildman–Crippen LogP) is 1.58. The van der Waals surface area contributed by atoms with Crippen LogP contribution in [0.2, 0.25) is 0 Å². The second kappa shape index (κ2) is 5.07. The molecule has 0 bridgehead atoms. The quantitative estimate of drug-likeness (QED) is 0.771. The Bertz CT molecular complexity index is 309. The summed E-state index contributed by atoms with van der Waals surface area (Å²) in [5.74, 6) is 0.851. The lowest BCUT2D eigenvalue weighted by Gasteiger charge is -2.24. The van der Waals surface area contributed by atoms with E-state index >= 15 is 0 Å². The number of nitrogens with two attached hydrogens (primary N) is 1. The highest BCUT2D eigenvalue weighted by molar-refractivity contribution is 5.37. The van der Waals surface area contributed by atoms with Gasteiger partial charge in [0.05, 0.1) is 0 Å². The van der Waals surface area contributed by atoms with E-state index in [1.54, 1.807) is 6.33 Å². The van der Waals surface area contributed by atoms with Gasteiger partial charge in [-0.2, -0.15) is 0 Å². The van der Waals surface area contributed by atoms with Gasteiger partial charge < -0.3 is 11.1 Å². The number of hydrogen-bond acceptors (Lipinski definition) is 4. The molecule has 0 radical (unpaired) electrons. The molecule has 1 aromatic rings. The molecule has 0 aliphatic rings. The van der Waals surface area contributed by atoms with Gasteiger partial charge in [-0.25, -0.2) is 9.97 Å². The molecule has 0 aromatic carbocycles. The molecule has 1 rings (SSSR count). The first kappa shape index (κ1) is 11.9. The smallest absolute Gasteiger partial charge is 0.130 e. The van der Waals surface area contributed by atoms with E-state index in [9.17, 15) is 0 Å². The summed E-state index contributed by atoms with van der Waals surface area (Å²) in [5, 5.41) is 3.29. The third-order valence-electron chi connectivity index (χ3n) is 2.21. The zero-order valence-corrected chi connectivity index (χ0v) is 9.75. The molecule has 0 saturated heterocycles. The number of nitrogens with zero attached hydrogens (tertiary/aromatic N) is 2. The summed E-state index contributed by atoms with van der Waals surface area (Å²) < 4.78 is 0. The maximum atomic E-state index is 5.64. The highest BCUT2D eigenvalue weighted by atomic mass is 15.1. The first-order valence-electron chi connectivity index (χ1n) is 5.36. The monoisotopic (exact) mass is 208 g/mol. The lowest BCUT2D eigenvalue weighted by molar-refractivity contribution is 0.577. The molecular formula is C11H20N4. The van der Waals surface area contributed by atoms with Crippen molar-refractivity contribution in [2.45, 2.75) is 39.2 Å². The topological polar surface area (TPSA) is 63.8 Å². The SMILES string of the molecule is CCCc1cc(NC(C)(C)CN)ncn1. The standard InChI is InChI=1S/C11H20N4/c1-4-5-9-6-10(14-8-13-9)15-11(2,3)7-12/h6,8H,4-5,7,12H2,1-3H3,(H,13,14,15). The Balaban J connectivity index is 2.73. The number of hydrogen-bond donors (Lipinski definition) is 2. The lowest BCUT2D eigenvalue weighted by Crippen LogP contribution is -2.39. The van der Waals surface area contributed by atoms with Crippen LogP contribution in [0.5, 0.6) is 0 Å². The zero-order valence-electron chi connectivity index (χ0n) is 9.75. The number of aromatic nitrogens is 2. The van der Waals surface area contributed by atoms with E-state index in [4.69, 9.17) is 5.73 Å². The van der Waals surface area contributed by atoms with Crippen molar-refractivity contribution in [3.63, 3.8) is 0 Å². The molecule has 15 heavy (non-hydrogen) atoms. The van der Waals surface area contributed by atoms with Crippen LogP contribution in [0.4, 0.5) is 5.82 Å². The Morgan fingerprint density at radius 3 is 2.73 bits per heavy atom. The molecule has 4 nitrogen and oxygen atoms in total. The minimum atomic E-state index is -0.127. The van der Waals surface area contributed by atoms with Crippen LogP contribution in [-0.4, -0.2) is 22.1 Å². The van der Waals surface area contributed by atoms with E-state index in [1.165, 1.54) is 0 Å². The number of nitrogens with one attached hydrogen (secondary N) is 1. The van der Waals surface area contributed by atoms with Crippen LogP contribution in [0.25, 0.3) is 0 Å². The molecule has 0 atom stereocenters. The summed E-state index contributed by atoms with van der Waals surface area (Å²) in [4.78, 5) is 8.38. The van der Waals surface area contributed by atoms with Crippen LogP contribution in [-0.2, 0) is 6.42 Å². The molecule has 3 N–H and O–H groups in total. The third kappa shape index (κ3) is 3.83. The Morgan fingerprint density at radius 1 is 1.40 bits per heavy atom. The highest BCUT2D eigenvalue weighted by Crippen LogP contribution is 2.12. The predicted molar refractivity (Wildman–Crippen MR) is 62.8 cm³/mol. The molecule has 0 amide bonds. The zero-order chi connectivity index (χ0) is 11.3. The third-order valence-corrected chi connectivity index (χ3v) is 2.21. The Hall–Kier alpha value is -1.16. The number of rotatable bonds is 5.